The average molecular weight is 482 g/mol. The number of carbonyl (C=O) groups is 1. The van der Waals surface area contributed by atoms with Crippen LogP contribution in [0.3, 0.4) is 0 Å². The summed E-state index contributed by atoms with van der Waals surface area (Å²) in [6.45, 7) is 9.99. The third-order valence-corrected chi connectivity index (χ3v) is 6.57. The molecule has 10 heteroatoms. The predicted molar refractivity (Wildman–Crippen MR) is 136 cm³/mol. The molecule has 0 radical (unpaired) electrons. The lowest BCUT2D eigenvalue weighted by atomic mass is 10.2. The Kier molecular flexibility index (Phi) is 8.53. The standard InChI is InChI=1S/C24H31N7O2S/c1-17-3-5-19(6-4-17)28-23-26-10-7-20(29-23)22-18(2)27-24(34-22)30-21(32)8-9-25-11-12-31-13-15-33-16-14-31/h3-7,10,25H,8-9,11-16H2,1-2H3,(H,26,28,29)(H,27,30,32). The highest BCUT2D eigenvalue weighted by Gasteiger charge is 2.14. The predicted octanol–water partition coefficient (Wildman–Crippen LogP) is 3.21. The minimum absolute atomic E-state index is 0.0522. The Morgan fingerprint density at radius 3 is 2.68 bits per heavy atom. The molecule has 1 fully saturated rings. The average Bonchev–Trinajstić information content (AvgIpc) is 3.21. The van der Waals surface area contributed by atoms with Gasteiger partial charge in [0.05, 0.1) is 29.5 Å². The summed E-state index contributed by atoms with van der Waals surface area (Å²) in [4.78, 5) is 29.1. The fourth-order valence-corrected chi connectivity index (χ4v) is 4.52. The second-order valence-corrected chi connectivity index (χ2v) is 9.19. The molecule has 3 heterocycles. The number of benzene rings is 1. The highest BCUT2D eigenvalue weighted by molar-refractivity contribution is 7.19. The van der Waals surface area contributed by atoms with E-state index in [4.69, 9.17) is 4.74 Å². The van der Waals surface area contributed by atoms with Gasteiger partial charge in [-0.05, 0) is 32.0 Å². The molecule has 34 heavy (non-hydrogen) atoms. The van der Waals surface area contributed by atoms with E-state index in [1.165, 1.54) is 16.9 Å². The number of amides is 1. The molecule has 0 bridgehead atoms. The topological polar surface area (TPSA) is 104 Å². The number of hydrogen-bond donors (Lipinski definition) is 3. The summed E-state index contributed by atoms with van der Waals surface area (Å²) in [5.74, 6) is 0.464. The van der Waals surface area contributed by atoms with Gasteiger partial charge in [-0.3, -0.25) is 9.69 Å². The second kappa shape index (κ2) is 12.0. The number of nitrogens with one attached hydrogen (secondary N) is 3. The molecule has 180 valence electrons. The van der Waals surface area contributed by atoms with Crippen LogP contribution in [0.5, 0.6) is 0 Å². The lowest BCUT2D eigenvalue weighted by molar-refractivity contribution is -0.116. The van der Waals surface area contributed by atoms with Crippen molar-refractivity contribution in [2.75, 3.05) is 56.6 Å². The number of hydrogen-bond acceptors (Lipinski definition) is 9. The molecule has 4 rings (SSSR count). The Hall–Kier alpha value is -2.92. The molecular formula is C24H31N7O2S. The highest BCUT2D eigenvalue weighted by Crippen LogP contribution is 2.32. The number of carbonyl (C=O) groups excluding carboxylic acids is 1. The number of anilines is 3. The van der Waals surface area contributed by atoms with Crippen molar-refractivity contribution in [2.45, 2.75) is 20.3 Å². The Morgan fingerprint density at radius 1 is 1.09 bits per heavy atom. The van der Waals surface area contributed by atoms with Crippen LogP contribution in [0.15, 0.2) is 36.5 Å². The van der Waals surface area contributed by atoms with Gasteiger partial charge in [-0.1, -0.05) is 29.0 Å². The van der Waals surface area contributed by atoms with E-state index in [-0.39, 0.29) is 5.91 Å². The second-order valence-electron chi connectivity index (χ2n) is 8.19. The molecule has 1 saturated heterocycles. The van der Waals surface area contributed by atoms with Crippen molar-refractivity contribution >= 4 is 34.0 Å². The molecule has 9 nitrogen and oxygen atoms in total. The number of aryl methyl sites for hydroxylation is 2. The molecule has 0 aliphatic carbocycles. The van der Waals surface area contributed by atoms with Crippen LogP contribution in [-0.2, 0) is 9.53 Å². The fourth-order valence-electron chi connectivity index (χ4n) is 3.57. The molecule has 2 aromatic heterocycles. The largest absolute Gasteiger partial charge is 0.379 e. The van der Waals surface area contributed by atoms with Crippen molar-refractivity contribution in [2.24, 2.45) is 0 Å². The van der Waals surface area contributed by atoms with Crippen LogP contribution in [0.1, 0.15) is 17.7 Å². The molecule has 0 unspecified atom stereocenters. The molecule has 1 aromatic carbocycles. The van der Waals surface area contributed by atoms with Crippen molar-refractivity contribution in [1.29, 1.82) is 0 Å². The Bertz CT molecular complexity index is 1080. The van der Waals surface area contributed by atoms with E-state index in [9.17, 15) is 4.79 Å². The third kappa shape index (κ3) is 7.04. The van der Waals surface area contributed by atoms with Crippen molar-refractivity contribution in [3.05, 3.63) is 47.8 Å². The van der Waals surface area contributed by atoms with Crippen molar-refractivity contribution in [1.82, 2.24) is 25.2 Å². The van der Waals surface area contributed by atoms with E-state index in [1.54, 1.807) is 6.20 Å². The van der Waals surface area contributed by atoms with E-state index in [1.807, 2.05) is 44.2 Å². The van der Waals surface area contributed by atoms with Crippen LogP contribution < -0.4 is 16.0 Å². The zero-order chi connectivity index (χ0) is 23.8. The molecule has 3 N–H and O–H groups in total. The van der Waals surface area contributed by atoms with Gasteiger partial charge in [-0.2, -0.15) is 0 Å². The number of nitrogens with zero attached hydrogens (tertiary/aromatic N) is 4. The first-order chi connectivity index (χ1) is 16.6. The van der Waals surface area contributed by atoms with Gasteiger partial charge in [0, 0.05) is 51.0 Å². The SMILES string of the molecule is Cc1ccc(Nc2nccc(-c3sc(NC(=O)CCNCCN4CCOCC4)nc3C)n2)cc1. The minimum atomic E-state index is -0.0522. The number of aromatic nitrogens is 3. The van der Waals surface area contributed by atoms with Gasteiger partial charge in [0.1, 0.15) is 0 Å². The summed E-state index contributed by atoms with van der Waals surface area (Å²) in [6.07, 6.45) is 2.12. The summed E-state index contributed by atoms with van der Waals surface area (Å²) >= 11 is 1.42. The lowest BCUT2D eigenvalue weighted by Crippen LogP contribution is -2.40. The van der Waals surface area contributed by atoms with Crippen LogP contribution >= 0.6 is 11.3 Å². The van der Waals surface area contributed by atoms with E-state index < -0.39 is 0 Å². The zero-order valence-electron chi connectivity index (χ0n) is 19.6. The van der Waals surface area contributed by atoms with Gasteiger partial charge in [0.25, 0.3) is 0 Å². The first-order valence-corrected chi connectivity index (χ1v) is 12.3. The maximum absolute atomic E-state index is 12.4. The van der Waals surface area contributed by atoms with Crippen LogP contribution in [0.25, 0.3) is 10.6 Å². The smallest absolute Gasteiger partial charge is 0.227 e. The van der Waals surface area contributed by atoms with Gasteiger partial charge >= 0.3 is 0 Å². The zero-order valence-corrected chi connectivity index (χ0v) is 20.5. The normalized spacial score (nSPS) is 14.2. The molecule has 0 atom stereocenters. The number of thiazole rings is 1. The summed E-state index contributed by atoms with van der Waals surface area (Å²) in [6, 6.07) is 9.91. The van der Waals surface area contributed by atoms with Crippen LogP contribution in [-0.4, -0.2) is 71.7 Å². The molecule has 1 aliphatic heterocycles. The van der Waals surface area contributed by atoms with Crippen LogP contribution in [0.2, 0.25) is 0 Å². The fraction of sp³-hybridized carbons (Fsp3) is 0.417. The molecular weight excluding hydrogens is 450 g/mol. The summed E-state index contributed by atoms with van der Waals surface area (Å²) in [7, 11) is 0. The summed E-state index contributed by atoms with van der Waals surface area (Å²) < 4.78 is 5.36. The molecule has 0 spiro atoms. The van der Waals surface area contributed by atoms with E-state index in [0.29, 0.717) is 24.0 Å². The Labute approximate surface area is 204 Å². The third-order valence-electron chi connectivity index (χ3n) is 5.48. The molecule has 0 saturated carbocycles. The monoisotopic (exact) mass is 481 g/mol. The van der Waals surface area contributed by atoms with Gasteiger partial charge in [0.15, 0.2) is 5.13 Å². The summed E-state index contributed by atoms with van der Waals surface area (Å²) in [5, 5.41) is 10.1. The van der Waals surface area contributed by atoms with Gasteiger partial charge in [-0.15, -0.1) is 0 Å². The maximum atomic E-state index is 12.4. The van der Waals surface area contributed by atoms with Gasteiger partial charge in [0.2, 0.25) is 11.9 Å². The van der Waals surface area contributed by atoms with Crippen molar-refractivity contribution < 1.29 is 9.53 Å². The first-order valence-electron chi connectivity index (χ1n) is 11.5. The first kappa shape index (κ1) is 24.2. The number of morpholine rings is 1. The van der Waals surface area contributed by atoms with Crippen molar-refractivity contribution in [3.63, 3.8) is 0 Å². The number of ether oxygens (including phenoxy) is 1. The summed E-state index contributed by atoms with van der Waals surface area (Å²) in [5.41, 5.74) is 3.71. The maximum Gasteiger partial charge on any atom is 0.227 e. The van der Waals surface area contributed by atoms with Crippen molar-refractivity contribution in [3.8, 4) is 10.6 Å². The lowest BCUT2D eigenvalue weighted by Gasteiger charge is -2.26. The quantitative estimate of drug-likeness (QED) is 0.379. The Balaban J connectivity index is 1.27. The van der Waals surface area contributed by atoms with E-state index in [2.05, 4.69) is 35.8 Å². The molecule has 1 aliphatic rings. The molecule has 1 amide bonds. The highest BCUT2D eigenvalue weighted by atomic mass is 32.1. The van der Waals surface area contributed by atoms with Crippen LogP contribution in [0, 0.1) is 13.8 Å². The van der Waals surface area contributed by atoms with E-state index >= 15 is 0 Å². The van der Waals surface area contributed by atoms with Gasteiger partial charge in [-0.25, -0.2) is 15.0 Å². The van der Waals surface area contributed by atoms with Gasteiger partial charge < -0.3 is 20.7 Å². The minimum Gasteiger partial charge on any atom is -0.379 e. The Morgan fingerprint density at radius 2 is 1.88 bits per heavy atom. The number of rotatable bonds is 10. The van der Waals surface area contributed by atoms with E-state index in [0.717, 1.165) is 61.3 Å². The molecule has 3 aromatic rings. The van der Waals surface area contributed by atoms with Crippen LogP contribution in [0.4, 0.5) is 16.8 Å².